The Labute approximate surface area is 192 Å². The molecular formula is C22H22F3N7O2. The van der Waals surface area contributed by atoms with Crippen LogP contribution in [0.15, 0.2) is 43.0 Å². The maximum Gasteiger partial charge on any atom is 0.417 e. The van der Waals surface area contributed by atoms with E-state index < -0.39 is 17.8 Å². The van der Waals surface area contributed by atoms with Gasteiger partial charge in [-0.05, 0) is 31.0 Å². The number of fused-ring (bicyclic) bond motifs is 1. The van der Waals surface area contributed by atoms with Crippen molar-refractivity contribution in [2.24, 2.45) is 5.41 Å². The molecule has 4 heterocycles. The molecule has 1 spiro atoms. The molecule has 9 nitrogen and oxygen atoms in total. The van der Waals surface area contributed by atoms with Crippen molar-refractivity contribution in [3.63, 3.8) is 0 Å². The fourth-order valence-corrected chi connectivity index (χ4v) is 4.76. The summed E-state index contributed by atoms with van der Waals surface area (Å²) >= 11 is 0. The van der Waals surface area contributed by atoms with E-state index in [0.717, 1.165) is 6.07 Å². The van der Waals surface area contributed by atoms with Gasteiger partial charge in [0.15, 0.2) is 0 Å². The number of rotatable bonds is 3. The van der Waals surface area contributed by atoms with Crippen LogP contribution in [-0.4, -0.2) is 62.5 Å². The molecule has 0 bridgehead atoms. The number of alkyl halides is 3. The van der Waals surface area contributed by atoms with Gasteiger partial charge in [-0.3, -0.25) is 9.78 Å². The van der Waals surface area contributed by atoms with E-state index in [0.29, 0.717) is 48.9 Å². The third-order valence-electron chi connectivity index (χ3n) is 6.63. The molecule has 178 valence electrons. The van der Waals surface area contributed by atoms with E-state index in [1.807, 2.05) is 0 Å². The monoisotopic (exact) mass is 473 g/mol. The molecule has 12 heteroatoms. The van der Waals surface area contributed by atoms with Crippen LogP contribution in [0, 0.1) is 5.41 Å². The van der Waals surface area contributed by atoms with Gasteiger partial charge in [-0.1, -0.05) is 0 Å². The number of urea groups is 1. The first-order valence-electron chi connectivity index (χ1n) is 10.6. The zero-order valence-electron chi connectivity index (χ0n) is 18.2. The smallest absolute Gasteiger partial charge is 0.397 e. The molecule has 2 fully saturated rings. The van der Waals surface area contributed by atoms with Crippen LogP contribution in [0.5, 0.6) is 0 Å². The second kappa shape index (κ2) is 7.61. The summed E-state index contributed by atoms with van der Waals surface area (Å²) in [5.74, 6) is -0.100. The minimum absolute atomic E-state index is 0.0173. The zero-order valence-corrected chi connectivity index (χ0v) is 18.2. The Morgan fingerprint density at radius 1 is 1.21 bits per heavy atom. The summed E-state index contributed by atoms with van der Waals surface area (Å²) in [6.45, 7) is 1.17. The van der Waals surface area contributed by atoms with Gasteiger partial charge in [0, 0.05) is 37.8 Å². The molecule has 34 heavy (non-hydrogen) atoms. The van der Waals surface area contributed by atoms with E-state index >= 15 is 0 Å². The lowest BCUT2D eigenvalue weighted by Crippen LogP contribution is -2.67. The van der Waals surface area contributed by atoms with E-state index in [1.165, 1.54) is 17.3 Å². The van der Waals surface area contributed by atoms with Crippen molar-refractivity contribution < 1.29 is 22.8 Å². The normalized spacial score (nSPS) is 17.4. The predicted molar refractivity (Wildman–Crippen MR) is 117 cm³/mol. The molecule has 3 amide bonds. The molecule has 1 aliphatic carbocycles. The maximum atomic E-state index is 12.9. The van der Waals surface area contributed by atoms with Crippen LogP contribution in [0.1, 0.15) is 28.8 Å². The molecular weight excluding hydrogens is 451 g/mol. The summed E-state index contributed by atoms with van der Waals surface area (Å²) in [5, 5.41) is 6.67. The molecule has 5 rings (SSSR count). The van der Waals surface area contributed by atoms with Gasteiger partial charge >= 0.3 is 12.2 Å². The molecule has 0 aromatic carbocycles. The van der Waals surface area contributed by atoms with Crippen molar-refractivity contribution in [1.82, 2.24) is 24.4 Å². The molecule has 3 aromatic rings. The van der Waals surface area contributed by atoms with E-state index in [2.05, 4.69) is 15.4 Å². The number of nitrogen functional groups attached to an aromatic ring is 1. The van der Waals surface area contributed by atoms with Crippen LogP contribution in [0.2, 0.25) is 0 Å². The van der Waals surface area contributed by atoms with Crippen LogP contribution in [0.25, 0.3) is 5.52 Å². The largest absolute Gasteiger partial charge is 0.417 e. The number of nitrogens with zero attached hydrogens (tertiary/aromatic N) is 5. The van der Waals surface area contributed by atoms with Gasteiger partial charge in [-0.15, -0.1) is 0 Å². The number of carbonyl (C=O) groups excluding carboxylic acids is 2. The Balaban J connectivity index is 1.15. The van der Waals surface area contributed by atoms with Gasteiger partial charge in [-0.2, -0.15) is 18.3 Å². The Morgan fingerprint density at radius 2 is 1.94 bits per heavy atom. The third-order valence-corrected chi connectivity index (χ3v) is 6.63. The molecule has 0 unspecified atom stereocenters. The summed E-state index contributed by atoms with van der Waals surface area (Å²) in [6.07, 6.45) is 1.96. The van der Waals surface area contributed by atoms with Gasteiger partial charge in [0.05, 0.1) is 46.6 Å². The number of pyridine rings is 2. The van der Waals surface area contributed by atoms with Gasteiger partial charge < -0.3 is 20.9 Å². The number of nitrogens with one attached hydrogen (secondary N) is 1. The number of hydrogen-bond donors (Lipinski definition) is 2. The fraction of sp³-hybridized carbons (Fsp3) is 0.364. The molecule has 2 aliphatic rings. The zero-order chi connectivity index (χ0) is 24.3. The second-order valence-electron chi connectivity index (χ2n) is 9.07. The van der Waals surface area contributed by atoms with Crippen molar-refractivity contribution in [2.45, 2.75) is 25.1 Å². The average molecular weight is 473 g/mol. The molecule has 1 saturated heterocycles. The predicted octanol–water partition coefficient (Wildman–Crippen LogP) is 3.10. The van der Waals surface area contributed by atoms with Gasteiger partial charge in [-0.25, -0.2) is 9.31 Å². The minimum Gasteiger partial charge on any atom is -0.397 e. The topological polar surface area (TPSA) is 109 Å². The SMILES string of the molecule is CN(C(=O)Nc1cncc(C(F)(F)F)c1)C1CC2(C1)CN(C(=O)c1cnn3cc(N)ccc13)C2. The van der Waals surface area contributed by atoms with Crippen LogP contribution in [-0.2, 0) is 6.18 Å². The summed E-state index contributed by atoms with van der Waals surface area (Å²) in [4.78, 5) is 32.3. The highest BCUT2D eigenvalue weighted by Crippen LogP contribution is 2.50. The summed E-state index contributed by atoms with van der Waals surface area (Å²) < 4.78 is 40.1. The number of carbonyl (C=O) groups is 2. The van der Waals surface area contributed by atoms with Gasteiger partial charge in [0.25, 0.3) is 5.91 Å². The Bertz CT molecular complexity index is 1270. The molecule has 1 saturated carbocycles. The standard InChI is InChI=1S/C22H22F3N7O2/c1-30(20(34)29-15-4-13(7-27-8-15)22(23,24)25)16-5-21(6-16)11-31(12-21)19(33)17-9-28-32-10-14(26)2-3-18(17)32/h2-4,7-10,16H,5-6,11-12,26H2,1H3,(H,29,34). The number of anilines is 2. The van der Waals surface area contributed by atoms with Crippen LogP contribution in [0.3, 0.4) is 0 Å². The molecule has 3 aromatic heterocycles. The molecule has 1 aliphatic heterocycles. The first-order valence-corrected chi connectivity index (χ1v) is 10.6. The highest BCUT2D eigenvalue weighted by molar-refractivity contribution is 6.01. The van der Waals surface area contributed by atoms with Crippen molar-refractivity contribution in [3.05, 3.63) is 54.1 Å². The van der Waals surface area contributed by atoms with Gasteiger partial charge in [0.1, 0.15) is 0 Å². The summed E-state index contributed by atoms with van der Waals surface area (Å²) in [5.41, 5.74) is 6.52. The Kier molecular flexibility index (Phi) is 4.92. The highest BCUT2D eigenvalue weighted by Gasteiger charge is 2.55. The van der Waals surface area contributed by atoms with E-state index in [-0.39, 0.29) is 23.1 Å². The number of amides is 3. The quantitative estimate of drug-likeness (QED) is 0.608. The summed E-state index contributed by atoms with van der Waals surface area (Å²) in [6, 6.07) is 3.77. The van der Waals surface area contributed by atoms with Crippen LogP contribution < -0.4 is 11.1 Å². The first-order chi connectivity index (χ1) is 16.0. The molecule has 0 radical (unpaired) electrons. The lowest BCUT2D eigenvalue weighted by molar-refractivity contribution is -0.137. The first kappa shape index (κ1) is 22.0. The van der Waals surface area contributed by atoms with Crippen molar-refractivity contribution in [1.29, 1.82) is 0 Å². The lowest BCUT2D eigenvalue weighted by atomic mass is 9.60. The second-order valence-corrected chi connectivity index (χ2v) is 9.07. The van der Waals surface area contributed by atoms with E-state index in [4.69, 9.17) is 5.73 Å². The molecule has 0 atom stereocenters. The Hall–Kier alpha value is -3.83. The lowest BCUT2D eigenvalue weighted by Gasteiger charge is -2.60. The number of likely N-dealkylation sites (tertiary alicyclic amines) is 1. The third kappa shape index (κ3) is 3.78. The van der Waals surface area contributed by atoms with Crippen LogP contribution in [0.4, 0.5) is 29.3 Å². The van der Waals surface area contributed by atoms with Crippen molar-refractivity contribution in [2.75, 3.05) is 31.2 Å². The molecule has 3 N–H and O–H groups in total. The number of nitrogens with two attached hydrogens (primary N) is 1. The van der Waals surface area contributed by atoms with E-state index in [9.17, 15) is 22.8 Å². The average Bonchev–Trinajstić information content (AvgIpc) is 3.14. The van der Waals surface area contributed by atoms with E-state index in [1.54, 1.807) is 34.8 Å². The number of halogens is 3. The number of hydrogen-bond acceptors (Lipinski definition) is 5. The number of aromatic nitrogens is 3. The minimum atomic E-state index is -4.54. The maximum absolute atomic E-state index is 12.9. The van der Waals surface area contributed by atoms with Crippen molar-refractivity contribution in [3.8, 4) is 0 Å². The highest BCUT2D eigenvalue weighted by atomic mass is 19.4. The fourth-order valence-electron chi connectivity index (χ4n) is 4.76. The van der Waals surface area contributed by atoms with Crippen molar-refractivity contribution >= 4 is 28.8 Å². The van der Waals surface area contributed by atoms with Gasteiger partial charge in [0.2, 0.25) is 0 Å². The summed E-state index contributed by atoms with van der Waals surface area (Å²) in [7, 11) is 1.61. The van der Waals surface area contributed by atoms with Crippen LogP contribution >= 0.6 is 0 Å². The Morgan fingerprint density at radius 3 is 2.65 bits per heavy atom.